The molecule has 5 nitrogen and oxygen atoms in total. The van der Waals surface area contributed by atoms with Gasteiger partial charge in [-0.1, -0.05) is 40.9 Å². The van der Waals surface area contributed by atoms with Crippen molar-refractivity contribution < 1.29 is 17.9 Å². The first-order valence-electron chi connectivity index (χ1n) is 7.83. The molecule has 0 spiro atoms. The molecular formula is C17H16Cl3NO4S. The summed E-state index contributed by atoms with van der Waals surface area (Å²) in [5.74, 6) is 0.936. The Hall–Kier alpha value is -1.18. The van der Waals surface area contributed by atoms with Gasteiger partial charge in [0, 0.05) is 6.54 Å². The maximum Gasteiger partial charge on any atom is 0.215 e. The summed E-state index contributed by atoms with van der Waals surface area (Å²) in [4.78, 5) is 0. The number of sulfonamides is 1. The van der Waals surface area contributed by atoms with E-state index in [0.717, 1.165) is 5.56 Å². The second-order valence-corrected chi connectivity index (χ2v) is 8.78. The number of rotatable bonds is 6. The number of ether oxygens (including phenoxy) is 2. The molecule has 2 aromatic carbocycles. The Morgan fingerprint density at radius 1 is 0.923 bits per heavy atom. The zero-order valence-electron chi connectivity index (χ0n) is 13.6. The minimum atomic E-state index is -3.50. The standard InChI is InChI=1S/C17H16Cl3NO4S/c18-13-2-1-12(8-14(13)19)10-26(22,23)21-4-3-11-7-15(20)17-16(9-11)24-5-6-25-17/h1-2,7-9,21H,3-6,10H2. The Morgan fingerprint density at radius 3 is 2.42 bits per heavy atom. The van der Waals surface area contributed by atoms with Crippen molar-refractivity contribution in [1.82, 2.24) is 4.72 Å². The van der Waals surface area contributed by atoms with Gasteiger partial charge < -0.3 is 9.47 Å². The lowest BCUT2D eigenvalue weighted by Gasteiger charge is -2.20. The van der Waals surface area contributed by atoms with Gasteiger partial charge in [-0.3, -0.25) is 0 Å². The van der Waals surface area contributed by atoms with E-state index >= 15 is 0 Å². The maximum atomic E-state index is 12.2. The van der Waals surface area contributed by atoms with E-state index in [1.807, 2.05) is 6.07 Å². The fourth-order valence-electron chi connectivity index (χ4n) is 2.56. The van der Waals surface area contributed by atoms with E-state index in [1.165, 1.54) is 0 Å². The second-order valence-electron chi connectivity index (χ2n) is 5.75. The van der Waals surface area contributed by atoms with E-state index < -0.39 is 10.0 Å². The topological polar surface area (TPSA) is 64.6 Å². The molecule has 0 aromatic heterocycles. The number of nitrogens with one attached hydrogen (secondary N) is 1. The molecule has 1 aliphatic heterocycles. The highest BCUT2D eigenvalue weighted by Crippen LogP contribution is 2.38. The molecule has 0 radical (unpaired) electrons. The lowest BCUT2D eigenvalue weighted by atomic mass is 10.1. The normalized spacial score (nSPS) is 13.7. The van der Waals surface area contributed by atoms with Crippen molar-refractivity contribution in [2.75, 3.05) is 19.8 Å². The summed E-state index contributed by atoms with van der Waals surface area (Å²) in [6, 6.07) is 8.32. The molecule has 0 atom stereocenters. The summed E-state index contributed by atoms with van der Waals surface area (Å²) >= 11 is 17.9. The van der Waals surface area contributed by atoms with Crippen molar-refractivity contribution in [2.45, 2.75) is 12.2 Å². The average Bonchev–Trinajstić information content (AvgIpc) is 2.58. The van der Waals surface area contributed by atoms with Gasteiger partial charge in [0.05, 0.1) is 20.8 Å². The van der Waals surface area contributed by atoms with E-state index in [2.05, 4.69) is 4.72 Å². The van der Waals surface area contributed by atoms with Crippen LogP contribution in [0, 0.1) is 0 Å². The molecule has 2 aromatic rings. The van der Waals surface area contributed by atoms with Crippen molar-refractivity contribution in [2.24, 2.45) is 0 Å². The van der Waals surface area contributed by atoms with E-state index in [-0.39, 0.29) is 12.3 Å². The third-order valence-corrected chi connectivity index (χ3v) is 6.11. The summed E-state index contributed by atoms with van der Waals surface area (Å²) in [6.45, 7) is 1.16. The average molecular weight is 437 g/mol. The van der Waals surface area contributed by atoms with Crippen molar-refractivity contribution in [3.63, 3.8) is 0 Å². The van der Waals surface area contributed by atoms with Gasteiger partial charge in [0.1, 0.15) is 13.2 Å². The van der Waals surface area contributed by atoms with Crippen LogP contribution in [0.3, 0.4) is 0 Å². The number of benzene rings is 2. The maximum absolute atomic E-state index is 12.2. The van der Waals surface area contributed by atoms with Gasteiger partial charge in [-0.05, 0) is 41.8 Å². The van der Waals surface area contributed by atoms with E-state index in [0.29, 0.717) is 51.8 Å². The summed E-state index contributed by atoms with van der Waals surface area (Å²) in [6.07, 6.45) is 0.469. The van der Waals surface area contributed by atoms with Gasteiger partial charge >= 0.3 is 0 Å². The van der Waals surface area contributed by atoms with Crippen LogP contribution in [0.25, 0.3) is 0 Å². The Labute approximate surface area is 167 Å². The highest BCUT2D eigenvalue weighted by molar-refractivity contribution is 7.88. The summed E-state index contributed by atoms with van der Waals surface area (Å²) in [5, 5.41) is 1.16. The zero-order chi connectivity index (χ0) is 18.7. The largest absolute Gasteiger partial charge is 0.486 e. The first-order chi connectivity index (χ1) is 12.3. The Morgan fingerprint density at radius 2 is 1.65 bits per heavy atom. The molecule has 140 valence electrons. The third-order valence-electron chi connectivity index (χ3n) is 3.73. The molecule has 0 aliphatic carbocycles. The van der Waals surface area contributed by atoms with Gasteiger partial charge in [-0.2, -0.15) is 0 Å². The SMILES string of the molecule is O=S(=O)(Cc1ccc(Cl)c(Cl)c1)NCCc1cc(Cl)c2c(c1)OCCO2. The molecule has 0 saturated carbocycles. The molecule has 1 N–H and O–H groups in total. The summed E-state index contributed by atoms with van der Waals surface area (Å²) in [7, 11) is -3.50. The summed E-state index contributed by atoms with van der Waals surface area (Å²) in [5.41, 5.74) is 1.42. The van der Waals surface area contributed by atoms with E-state index in [1.54, 1.807) is 24.3 Å². The predicted molar refractivity (Wildman–Crippen MR) is 103 cm³/mol. The Balaban J connectivity index is 1.60. The molecular weight excluding hydrogens is 421 g/mol. The first-order valence-corrected chi connectivity index (χ1v) is 10.6. The molecule has 1 aliphatic rings. The van der Waals surface area contributed by atoms with Crippen molar-refractivity contribution in [3.8, 4) is 11.5 Å². The molecule has 9 heteroatoms. The van der Waals surface area contributed by atoms with Crippen LogP contribution >= 0.6 is 34.8 Å². The molecule has 0 unspecified atom stereocenters. The number of halogens is 3. The van der Waals surface area contributed by atoms with Crippen LogP contribution in [0.5, 0.6) is 11.5 Å². The molecule has 3 rings (SSSR count). The fraction of sp³-hybridized carbons (Fsp3) is 0.294. The van der Waals surface area contributed by atoms with Gasteiger partial charge in [0.2, 0.25) is 10.0 Å². The second kappa shape index (κ2) is 8.23. The van der Waals surface area contributed by atoms with E-state index in [9.17, 15) is 8.42 Å². The van der Waals surface area contributed by atoms with Crippen LogP contribution in [0.15, 0.2) is 30.3 Å². The lowest BCUT2D eigenvalue weighted by molar-refractivity contribution is 0.171. The highest BCUT2D eigenvalue weighted by Gasteiger charge is 2.17. The smallest absolute Gasteiger partial charge is 0.215 e. The highest BCUT2D eigenvalue weighted by atomic mass is 35.5. The molecule has 26 heavy (non-hydrogen) atoms. The van der Waals surface area contributed by atoms with Crippen LogP contribution in [0.2, 0.25) is 15.1 Å². The van der Waals surface area contributed by atoms with Crippen LogP contribution in [0.1, 0.15) is 11.1 Å². The fourth-order valence-corrected chi connectivity index (χ4v) is 4.30. The monoisotopic (exact) mass is 435 g/mol. The number of hydrogen-bond donors (Lipinski definition) is 1. The Bertz CT molecular complexity index is 918. The van der Waals surface area contributed by atoms with Crippen LogP contribution < -0.4 is 14.2 Å². The molecule has 0 fully saturated rings. The number of hydrogen-bond acceptors (Lipinski definition) is 4. The molecule has 0 bridgehead atoms. The zero-order valence-corrected chi connectivity index (χ0v) is 16.7. The molecule has 0 saturated heterocycles. The minimum absolute atomic E-state index is 0.175. The Kier molecular flexibility index (Phi) is 6.20. The predicted octanol–water partition coefficient (Wildman–Crippen LogP) is 4.08. The van der Waals surface area contributed by atoms with Crippen LogP contribution in [-0.4, -0.2) is 28.2 Å². The van der Waals surface area contributed by atoms with Crippen molar-refractivity contribution >= 4 is 44.8 Å². The van der Waals surface area contributed by atoms with Crippen LogP contribution in [0.4, 0.5) is 0 Å². The molecule has 0 amide bonds. The quantitative estimate of drug-likeness (QED) is 0.741. The number of fused-ring (bicyclic) bond motifs is 1. The third kappa shape index (κ3) is 4.96. The van der Waals surface area contributed by atoms with Gasteiger partial charge in [-0.25, -0.2) is 13.1 Å². The van der Waals surface area contributed by atoms with Gasteiger partial charge in [0.25, 0.3) is 0 Å². The summed E-state index contributed by atoms with van der Waals surface area (Å²) < 4.78 is 38.0. The molecule has 1 heterocycles. The lowest BCUT2D eigenvalue weighted by Crippen LogP contribution is -2.27. The van der Waals surface area contributed by atoms with Gasteiger partial charge in [0.15, 0.2) is 11.5 Å². The first kappa shape index (κ1) is 19.6. The van der Waals surface area contributed by atoms with Crippen molar-refractivity contribution in [1.29, 1.82) is 0 Å². The van der Waals surface area contributed by atoms with Crippen molar-refractivity contribution in [3.05, 3.63) is 56.5 Å². The van der Waals surface area contributed by atoms with E-state index in [4.69, 9.17) is 44.3 Å². The minimum Gasteiger partial charge on any atom is -0.486 e. The van der Waals surface area contributed by atoms with Crippen LogP contribution in [-0.2, 0) is 22.2 Å². The van der Waals surface area contributed by atoms with Gasteiger partial charge in [-0.15, -0.1) is 0 Å².